The predicted molar refractivity (Wildman–Crippen MR) is 82.9 cm³/mol. The first-order valence-electron chi connectivity index (χ1n) is 7.10. The monoisotopic (exact) mass is 294 g/mol. The molecule has 0 saturated carbocycles. The molecule has 0 bridgehead atoms. The number of nitrogens with one attached hydrogen (secondary N) is 2. The molecule has 0 aromatic heterocycles. The number of hydrogen-bond acceptors (Lipinski definition) is 4. The molecule has 0 radical (unpaired) electrons. The molecule has 0 saturated heterocycles. The van der Waals surface area contributed by atoms with E-state index in [1.165, 1.54) is 5.56 Å². The van der Waals surface area contributed by atoms with Crippen molar-refractivity contribution in [2.45, 2.75) is 18.9 Å². The summed E-state index contributed by atoms with van der Waals surface area (Å²) in [6.07, 6.45) is 1.80. The maximum atomic E-state index is 12.2. The number of carbonyl (C=O) groups excluding carboxylic acids is 1. The zero-order valence-electron chi connectivity index (χ0n) is 11.6. The number of aliphatic hydroxyl groups is 1. The van der Waals surface area contributed by atoms with Crippen LogP contribution in [0.2, 0.25) is 0 Å². The molecule has 1 amide bonds. The van der Waals surface area contributed by atoms with Gasteiger partial charge in [-0.2, -0.15) is 11.8 Å². The van der Waals surface area contributed by atoms with Gasteiger partial charge < -0.3 is 15.7 Å². The summed E-state index contributed by atoms with van der Waals surface area (Å²) in [6.45, 7) is 1.76. The lowest BCUT2D eigenvalue weighted by atomic mass is 9.94. The van der Waals surface area contributed by atoms with Crippen molar-refractivity contribution in [1.82, 2.24) is 10.6 Å². The van der Waals surface area contributed by atoms with Gasteiger partial charge in [0.15, 0.2) is 0 Å². The van der Waals surface area contributed by atoms with Crippen LogP contribution in [0.4, 0.5) is 0 Å². The van der Waals surface area contributed by atoms with Crippen LogP contribution >= 0.6 is 11.8 Å². The minimum atomic E-state index is -0.220. The van der Waals surface area contributed by atoms with Gasteiger partial charge in [0, 0.05) is 25.4 Å². The van der Waals surface area contributed by atoms with Crippen molar-refractivity contribution in [1.29, 1.82) is 0 Å². The highest BCUT2D eigenvalue weighted by Crippen LogP contribution is 2.22. The van der Waals surface area contributed by atoms with Gasteiger partial charge >= 0.3 is 0 Å². The molecule has 110 valence electrons. The molecular weight excluding hydrogens is 272 g/mol. The first-order valence-corrected chi connectivity index (χ1v) is 8.26. The number of rotatable bonds is 7. The molecule has 3 N–H and O–H groups in total. The van der Waals surface area contributed by atoms with Gasteiger partial charge in [-0.1, -0.05) is 24.3 Å². The van der Waals surface area contributed by atoms with Gasteiger partial charge in [-0.05, 0) is 29.7 Å². The summed E-state index contributed by atoms with van der Waals surface area (Å²) in [5.41, 5.74) is 2.37. The Balaban J connectivity index is 1.79. The quantitative estimate of drug-likeness (QED) is 0.659. The van der Waals surface area contributed by atoms with Crippen LogP contribution in [0.25, 0.3) is 0 Å². The highest BCUT2D eigenvalue weighted by Gasteiger charge is 2.25. The fraction of sp³-hybridized carbons (Fsp3) is 0.533. The molecule has 5 heteroatoms. The fourth-order valence-electron chi connectivity index (χ4n) is 2.36. The zero-order chi connectivity index (χ0) is 14.2. The predicted octanol–water partition coefficient (Wildman–Crippen LogP) is 1.11. The molecule has 1 aromatic carbocycles. The summed E-state index contributed by atoms with van der Waals surface area (Å²) >= 11 is 1.76. The van der Waals surface area contributed by atoms with Crippen molar-refractivity contribution in [3.8, 4) is 0 Å². The van der Waals surface area contributed by atoms with Gasteiger partial charge in [-0.3, -0.25) is 4.79 Å². The molecule has 1 aliphatic heterocycles. The van der Waals surface area contributed by atoms with E-state index in [4.69, 9.17) is 5.11 Å². The lowest BCUT2D eigenvalue weighted by molar-refractivity contribution is -0.123. The van der Waals surface area contributed by atoms with Crippen LogP contribution in [0.3, 0.4) is 0 Å². The van der Waals surface area contributed by atoms with E-state index < -0.39 is 0 Å². The molecule has 1 aromatic rings. The molecule has 4 nitrogen and oxygen atoms in total. The Bertz CT molecular complexity index is 440. The maximum absolute atomic E-state index is 12.2. The van der Waals surface area contributed by atoms with Crippen LogP contribution < -0.4 is 10.6 Å². The van der Waals surface area contributed by atoms with Gasteiger partial charge in [0.2, 0.25) is 5.91 Å². The van der Waals surface area contributed by atoms with Crippen LogP contribution in [0.15, 0.2) is 24.3 Å². The van der Waals surface area contributed by atoms with Crippen LogP contribution in [0, 0.1) is 0 Å². The van der Waals surface area contributed by atoms with E-state index in [1.54, 1.807) is 11.8 Å². The third-order valence-corrected chi connectivity index (χ3v) is 4.43. The molecular formula is C15H22N2O2S. The van der Waals surface area contributed by atoms with Crippen molar-refractivity contribution in [2.24, 2.45) is 0 Å². The van der Waals surface area contributed by atoms with E-state index in [9.17, 15) is 4.79 Å². The SMILES string of the molecule is O=C(NCCSCCCO)C1NCCc2ccccc21. The molecule has 1 aliphatic rings. The highest BCUT2D eigenvalue weighted by molar-refractivity contribution is 7.99. The van der Waals surface area contributed by atoms with Gasteiger partial charge in [-0.15, -0.1) is 0 Å². The molecule has 20 heavy (non-hydrogen) atoms. The first kappa shape index (κ1) is 15.4. The van der Waals surface area contributed by atoms with E-state index in [-0.39, 0.29) is 18.6 Å². The molecule has 0 aliphatic carbocycles. The summed E-state index contributed by atoms with van der Waals surface area (Å²) in [5.74, 6) is 1.89. The number of aliphatic hydroxyl groups excluding tert-OH is 1. The summed E-state index contributed by atoms with van der Waals surface area (Å²) in [4.78, 5) is 12.2. The fourth-order valence-corrected chi connectivity index (χ4v) is 3.14. The largest absolute Gasteiger partial charge is 0.396 e. The Morgan fingerprint density at radius 2 is 2.25 bits per heavy atom. The Hall–Kier alpha value is -1.04. The first-order chi connectivity index (χ1) is 9.83. The van der Waals surface area contributed by atoms with E-state index in [0.29, 0.717) is 6.54 Å². The molecule has 0 spiro atoms. The number of thioether (sulfide) groups is 1. The molecule has 1 heterocycles. The van der Waals surface area contributed by atoms with Crippen molar-refractivity contribution < 1.29 is 9.90 Å². The number of hydrogen-bond donors (Lipinski definition) is 3. The van der Waals surface area contributed by atoms with Gasteiger partial charge in [-0.25, -0.2) is 0 Å². The molecule has 2 rings (SSSR count). The van der Waals surface area contributed by atoms with Crippen LogP contribution in [-0.2, 0) is 11.2 Å². The Labute approximate surface area is 124 Å². The lowest BCUT2D eigenvalue weighted by Crippen LogP contribution is -2.42. The summed E-state index contributed by atoms with van der Waals surface area (Å²) in [7, 11) is 0. The minimum Gasteiger partial charge on any atom is -0.396 e. The Morgan fingerprint density at radius 1 is 1.40 bits per heavy atom. The van der Waals surface area contributed by atoms with Crippen molar-refractivity contribution in [2.75, 3.05) is 31.2 Å². The Kier molecular flexibility index (Phi) is 6.36. The van der Waals surface area contributed by atoms with E-state index in [0.717, 1.165) is 36.5 Å². The van der Waals surface area contributed by atoms with Crippen molar-refractivity contribution in [3.63, 3.8) is 0 Å². The highest BCUT2D eigenvalue weighted by atomic mass is 32.2. The standard InChI is InChI=1S/C15H22N2O2S/c18-9-3-10-20-11-8-17-15(19)14-13-5-2-1-4-12(13)6-7-16-14/h1-2,4-5,14,16,18H,3,6-11H2,(H,17,19). The second kappa shape index (κ2) is 8.29. The van der Waals surface area contributed by atoms with Crippen molar-refractivity contribution >= 4 is 17.7 Å². The number of benzene rings is 1. The number of amides is 1. The zero-order valence-corrected chi connectivity index (χ0v) is 12.4. The third kappa shape index (κ3) is 4.23. The average molecular weight is 294 g/mol. The smallest absolute Gasteiger partial charge is 0.241 e. The van der Waals surface area contributed by atoms with E-state index >= 15 is 0 Å². The second-order valence-electron chi connectivity index (χ2n) is 4.82. The van der Waals surface area contributed by atoms with Crippen LogP contribution in [-0.4, -0.2) is 42.2 Å². The summed E-state index contributed by atoms with van der Waals surface area (Å²) < 4.78 is 0. The third-order valence-electron chi connectivity index (χ3n) is 3.36. The van der Waals surface area contributed by atoms with Crippen molar-refractivity contribution in [3.05, 3.63) is 35.4 Å². The van der Waals surface area contributed by atoms with E-state index in [2.05, 4.69) is 16.7 Å². The second-order valence-corrected chi connectivity index (χ2v) is 6.04. The minimum absolute atomic E-state index is 0.0555. The number of fused-ring (bicyclic) bond motifs is 1. The average Bonchev–Trinajstić information content (AvgIpc) is 2.50. The van der Waals surface area contributed by atoms with Crippen LogP contribution in [0.5, 0.6) is 0 Å². The van der Waals surface area contributed by atoms with Gasteiger partial charge in [0.25, 0.3) is 0 Å². The topological polar surface area (TPSA) is 61.4 Å². The van der Waals surface area contributed by atoms with Gasteiger partial charge in [0.1, 0.15) is 6.04 Å². The lowest BCUT2D eigenvalue weighted by Gasteiger charge is -2.26. The summed E-state index contributed by atoms with van der Waals surface area (Å²) in [5, 5.41) is 15.0. The Morgan fingerprint density at radius 3 is 3.10 bits per heavy atom. The molecule has 1 atom stereocenters. The normalized spacial score (nSPS) is 17.6. The van der Waals surface area contributed by atoms with E-state index in [1.807, 2.05) is 18.2 Å². The molecule has 0 fully saturated rings. The molecule has 1 unspecified atom stereocenters. The maximum Gasteiger partial charge on any atom is 0.241 e. The van der Waals surface area contributed by atoms with Gasteiger partial charge in [0.05, 0.1) is 0 Å². The number of carbonyl (C=O) groups is 1. The summed E-state index contributed by atoms with van der Waals surface area (Å²) in [6, 6.07) is 7.92. The van der Waals surface area contributed by atoms with Crippen LogP contribution in [0.1, 0.15) is 23.6 Å².